The molecule has 31 heavy (non-hydrogen) atoms. The molecule has 0 unspecified atom stereocenters. The highest BCUT2D eigenvalue weighted by molar-refractivity contribution is 7.89. The van der Waals surface area contributed by atoms with Crippen LogP contribution in [-0.2, 0) is 10.0 Å². The lowest BCUT2D eigenvalue weighted by molar-refractivity contribution is 0.329. The zero-order valence-corrected chi connectivity index (χ0v) is 19.4. The maximum Gasteiger partial charge on any atom is 0.214 e. The minimum absolute atomic E-state index is 0.210. The van der Waals surface area contributed by atoms with Gasteiger partial charge < -0.3 is 5.32 Å². The van der Waals surface area contributed by atoms with Gasteiger partial charge in [-0.05, 0) is 37.7 Å². The van der Waals surface area contributed by atoms with Crippen LogP contribution in [0.15, 0.2) is 35.7 Å². The molecule has 5 rings (SSSR count). The van der Waals surface area contributed by atoms with E-state index in [2.05, 4.69) is 35.0 Å². The lowest BCUT2D eigenvalue weighted by Gasteiger charge is -2.32. The van der Waals surface area contributed by atoms with Gasteiger partial charge in [0.2, 0.25) is 10.0 Å². The number of hydrogen-bond donors (Lipinski definition) is 1. The van der Waals surface area contributed by atoms with E-state index in [4.69, 9.17) is 9.97 Å². The molecule has 0 amide bonds. The Labute approximate surface area is 187 Å². The highest BCUT2D eigenvalue weighted by atomic mass is 32.2. The zero-order chi connectivity index (χ0) is 21.4. The molecule has 3 heterocycles. The fourth-order valence-electron chi connectivity index (χ4n) is 4.28. The molecule has 2 fully saturated rings. The van der Waals surface area contributed by atoms with Crippen molar-refractivity contribution in [3.63, 3.8) is 0 Å². The summed E-state index contributed by atoms with van der Waals surface area (Å²) in [6, 6.07) is 10.6. The molecule has 1 N–H and O–H groups in total. The second-order valence-corrected chi connectivity index (χ2v) is 11.5. The van der Waals surface area contributed by atoms with Crippen molar-refractivity contribution >= 4 is 37.4 Å². The van der Waals surface area contributed by atoms with Crippen LogP contribution >= 0.6 is 11.3 Å². The Morgan fingerprint density at radius 2 is 1.84 bits per heavy atom. The molecule has 1 aliphatic carbocycles. The zero-order valence-electron chi connectivity index (χ0n) is 17.8. The number of sulfonamides is 1. The minimum Gasteiger partial charge on any atom is -0.367 e. The Hall–Kier alpha value is -2.03. The summed E-state index contributed by atoms with van der Waals surface area (Å²) in [5, 5.41) is 6.94. The molecule has 0 radical (unpaired) electrons. The molecule has 1 saturated carbocycles. The Balaban J connectivity index is 1.43. The first-order valence-corrected chi connectivity index (χ1v) is 13.6. The molecule has 3 aromatic rings. The monoisotopic (exact) mass is 456 g/mol. The Morgan fingerprint density at radius 1 is 1.10 bits per heavy atom. The van der Waals surface area contributed by atoms with Gasteiger partial charge in [0.1, 0.15) is 16.5 Å². The number of hydrogen-bond acceptors (Lipinski definition) is 6. The van der Waals surface area contributed by atoms with Crippen molar-refractivity contribution in [2.75, 3.05) is 24.2 Å². The summed E-state index contributed by atoms with van der Waals surface area (Å²) in [5.41, 5.74) is 2.33. The van der Waals surface area contributed by atoms with Crippen LogP contribution in [0.1, 0.15) is 50.8 Å². The second kappa shape index (κ2) is 8.48. The number of nitrogens with one attached hydrogen (secondary N) is 1. The van der Waals surface area contributed by atoms with E-state index >= 15 is 0 Å². The summed E-state index contributed by atoms with van der Waals surface area (Å²) in [6.45, 7) is 3.05. The number of benzene rings is 1. The van der Waals surface area contributed by atoms with Gasteiger partial charge in [-0.15, -0.1) is 11.3 Å². The van der Waals surface area contributed by atoms with Crippen molar-refractivity contribution in [3.05, 3.63) is 41.5 Å². The SMILES string of the molecule is CCCS(=O)(=O)N1CCC(Nc2nc(C3CC3)nc3scc(-c4ccccc4)c23)CC1. The molecule has 164 valence electrons. The van der Waals surface area contributed by atoms with Crippen LogP contribution in [0.3, 0.4) is 0 Å². The molecule has 0 atom stereocenters. The smallest absolute Gasteiger partial charge is 0.214 e. The molecule has 2 aliphatic rings. The summed E-state index contributed by atoms with van der Waals surface area (Å²) < 4.78 is 26.5. The van der Waals surface area contributed by atoms with E-state index in [-0.39, 0.29) is 11.8 Å². The number of fused-ring (bicyclic) bond motifs is 1. The van der Waals surface area contributed by atoms with Gasteiger partial charge in [0, 0.05) is 36.0 Å². The van der Waals surface area contributed by atoms with Crippen molar-refractivity contribution in [2.24, 2.45) is 0 Å². The molecule has 0 bridgehead atoms. The third-order valence-corrected chi connectivity index (χ3v) is 9.08. The van der Waals surface area contributed by atoms with Gasteiger partial charge in [-0.2, -0.15) is 0 Å². The van der Waals surface area contributed by atoms with E-state index in [1.54, 1.807) is 15.6 Å². The Morgan fingerprint density at radius 3 is 2.52 bits per heavy atom. The van der Waals surface area contributed by atoms with Crippen LogP contribution in [0.4, 0.5) is 5.82 Å². The first kappa shape index (κ1) is 20.8. The van der Waals surface area contributed by atoms with Gasteiger partial charge in [-0.1, -0.05) is 37.3 Å². The predicted octanol–water partition coefficient (Wildman–Crippen LogP) is 4.85. The molecule has 1 aromatic carbocycles. The van der Waals surface area contributed by atoms with Crippen LogP contribution in [0.5, 0.6) is 0 Å². The Bertz CT molecular complexity index is 1170. The minimum atomic E-state index is -3.13. The lowest BCUT2D eigenvalue weighted by Crippen LogP contribution is -2.43. The summed E-state index contributed by atoms with van der Waals surface area (Å²) in [5.74, 6) is 2.56. The number of aromatic nitrogens is 2. The number of thiophene rings is 1. The number of rotatable bonds is 7. The molecular formula is C23H28N4O2S2. The molecule has 6 nitrogen and oxygen atoms in total. The third-order valence-electron chi connectivity index (χ3n) is 6.13. The molecular weight excluding hydrogens is 428 g/mol. The highest BCUT2D eigenvalue weighted by Crippen LogP contribution is 2.43. The maximum absolute atomic E-state index is 12.4. The average Bonchev–Trinajstić information content (AvgIpc) is 3.54. The first-order chi connectivity index (χ1) is 15.0. The standard InChI is InChI=1S/C23H28N4O2S2/c1-2-14-31(28,29)27-12-10-18(11-13-27)24-22-20-19(16-6-4-3-5-7-16)15-30-23(20)26-21(25-22)17-8-9-17/h3-7,15,17-18H,2,8-14H2,1H3,(H,24,25,26). The summed E-state index contributed by atoms with van der Waals surface area (Å²) in [7, 11) is -3.13. The first-order valence-electron chi connectivity index (χ1n) is 11.1. The van der Waals surface area contributed by atoms with Crippen LogP contribution < -0.4 is 5.32 Å². The van der Waals surface area contributed by atoms with Gasteiger partial charge in [-0.25, -0.2) is 22.7 Å². The van der Waals surface area contributed by atoms with Crippen molar-refractivity contribution in [3.8, 4) is 11.1 Å². The molecule has 1 aliphatic heterocycles. The topological polar surface area (TPSA) is 75.2 Å². The van der Waals surface area contributed by atoms with E-state index in [0.717, 1.165) is 53.1 Å². The average molecular weight is 457 g/mol. The highest BCUT2D eigenvalue weighted by Gasteiger charge is 2.31. The molecule has 0 spiro atoms. The van der Waals surface area contributed by atoms with E-state index in [1.165, 1.54) is 5.56 Å². The van der Waals surface area contributed by atoms with Crippen LogP contribution in [-0.4, -0.2) is 47.6 Å². The van der Waals surface area contributed by atoms with Crippen molar-refractivity contribution in [1.29, 1.82) is 0 Å². The second-order valence-electron chi connectivity index (χ2n) is 8.53. The molecule has 2 aromatic heterocycles. The summed E-state index contributed by atoms with van der Waals surface area (Å²) in [6.07, 6.45) is 4.56. The fraction of sp³-hybridized carbons (Fsp3) is 0.478. The van der Waals surface area contributed by atoms with E-state index in [9.17, 15) is 8.42 Å². The third kappa shape index (κ3) is 4.33. The Kier molecular flexibility index (Phi) is 5.71. The summed E-state index contributed by atoms with van der Waals surface area (Å²) >= 11 is 1.67. The maximum atomic E-state index is 12.4. The van der Waals surface area contributed by atoms with Gasteiger partial charge in [-0.3, -0.25) is 0 Å². The van der Waals surface area contributed by atoms with Gasteiger partial charge >= 0.3 is 0 Å². The quantitative estimate of drug-likeness (QED) is 0.550. The van der Waals surface area contributed by atoms with E-state index < -0.39 is 10.0 Å². The molecule has 8 heteroatoms. The van der Waals surface area contributed by atoms with Gasteiger partial charge in [0.25, 0.3) is 0 Å². The fourth-order valence-corrected chi connectivity index (χ4v) is 6.77. The van der Waals surface area contributed by atoms with Crippen molar-refractivity contribution in [1.82, 2.24) is 14.3 Å². The normalized spacial score (nSPS) is 18.5. The van der Waals surface area contributed by atoms with Gasteiger partial charge in [0.15, 0.2) is 0 Å². The van der Waals surface area contributed by atoms with Crippen LogP contribution in [0.2, 0.25) is 0 Å². The van der Waals surface area contributed by atoms with Gasteiger partial charge in [0.05, 0.1) is 11.1 Å². The van der Waals surface area contributed by atoms with E-state index in [0.29, 0.717) is 25.4 Å². The number of anilines is 1. The van der Waals surface area contributed by atoms with Crippen LogP contribution in [0, 0.1) is 0 Å². The van der Waals surface area contributed by atoms with Crippen LogP contribution in [0.25, 0.3) is 21.3 Å². The van der Waals surface area contributed by atoms with Crippen molar-refractivity contribution < 1.29 is 8.42 Å². The predicted molar refractivity (Wildman–Crippen MR) is 127 cm³/mol. The van der Waals surface area contributed by atoms with Crippen molar-refractivity contribution in [2.45, 2.75) is 51.0 Å². The van der Waals surface area contributed by atoms with E-state index in [1.807, 2.05) is 13.0 Å². The number of nitrogens with zero attached hydrogens (tertiary/aromatic N) is 3. The summed E-state index contributed by atoms with van der Waals surface area (Å²) in [4.78, 5) is 10.9. The number of piperidine rings is 1. The molecule has 1 saturated heterocycles. The largest absolute Gasteiger partial charge is 0.367 e. The lowest BCUT2D eigenvalue weighted by atomic mass is 10.0.